The van der Waals surface area contributed by atoms with Gasteiger partial charge in [-0.05, 0) is 39.5 Å². The lowest BCUT2D eigenvalue weighted by atomic mass is 9.81. The van der Waals surface area contributed by atoms with E-state index in [-0.39, 0.29) is 28.0 Å². The minimum absolute atomic E-state index is 0.103. The highest BCUT2D eigenvalue weighted by molar-refractivity contribution is 7.89. The Hall–Kier alpha value is -1.34. The quantitative estimate of drug-likeness (QED) is 0.867. The summed E-state index contributed by atoms with van der Waals surface area (Å²) in [5.74, 6) is -0.762. The Balaban J connectivity index is 2.36. The highest BCUT2D eigenvalue weighted by Gasteiger charge is 2.34. The Bertz CT molecular complexity index is 627. The average Bonchev–Trinajstić information content (AvgIpc) is 2.50. The first-order valence-electron chi connectivity index (χ1n) is 6.59. The molecule has 0 aliphatic heterocycles. The molecule has 1 saturated carbocycles. The summed E-state index contributed by atoms with van der Waals surface area (Å²) in [5.41, 5.74) is -0.282. The van der Waals surface area contributed by atoms with Crippen LogP contribution in [-0.4, -0.2) is 25.5 Å². The van der Waals surface area contributed by atoms with Gasteiger partial charge in [-0.15, -0.1) is 0 Å². The summed E-state index contributed by atoms with van der Waals surface area (Å²) in [4.78, 5) is 11.0. The summed E-state index contributed by atoms with van der Waals surface area (Å²) in [6.45, 7) is 4.72. The Morgan fingerprint density at radius 3 is 2.40 bits per heavy atom. The van der Waals surface area contributed by atoms with Crippen molar-refractivity contribution in [1.29, 1.82) is 0 Å². The second-order valence-electron chi connectivity index (χ2n) is 5.32. The van der Waals surface area contributed by atoms with E-state index in [9.17, 15) is 18.3 Å². The standard InChI is InChI=1S/C13H19NO5S/c1-7(10-5-4-6-10)14-20(17,18)12-9(3)19-8(2)11(12)13(15)16/h7,10,14H,4-6H2,1-3H3,(H,15,16). The number of aryl methyl sites for hydroxylation is 2. The zero-order chi connectivity index (χ0) is 15.1. The zero-order valence-corrected chi connectivity index (χ0v) is 12.6. The molecule has 1 atom stereocenters. The molecule has 1 aromatic rings. The molecule has 0 amide bonds. The van der Waals surface area contributed by atoms with Gasteiger partial charge in [-0.1, -0.05) is 6.42 Å². The topological polar surface area (TPSA) is 96.6 Å². The number of carbonyl (C=O) groups is 1. The van der Waals surface area contributed by atoms with Crippen molar-refractivity contribution in [3.8, 4) is 0 Å². The van der Waals surface area contributed by atoms with E-state index in [1.54, 1.807) is 0 Å². The molecule has 0 saturated heterocycles. The molecular formula is C13H19NO5S. The number of carboxylic acid groups (broad SMARTS) is 1. The second-order valence-corrected chi connectivity index (χ2v) is 6.98. The minimum atomic E-state index is -3.89. The van der Waals surface area contributed by atoms with Gasteiger partial charge < -0.3 is 9.52 Å². The van der Waals surface area contributed by atoms with Gasteiger partial charge in [0, 0.05) is 6.04 Å². The van der Waals surface area contributed by atoms with Crippen molar-refractivity contribution in [1.82, 2.24) is 4.72 Å². The van der Waals surface area contributed by atoms with Crippen molar-refractivity contribution in [3.05, 3.63) is 17.1 Å². The molecule has 1 aliphatic rings. The number of hydrogen-bond donors (Lipinski definition) is 2. The smallest absolute Gasteiger partial charge is 0.340 e. The molecule has 1 fully saturated rings. The molecule has 0 radical (unpaired) electrons. The van der Waals surface area contributed by atoms with Gasteiger partial charge in [0.25, 0.3) is 0 Å². The maximum Gasteiger partial charge on any atom is 0.340 e. The summed E-state index contributed by atoms with van der Waals surface area (Å²) in [5, 5.41) is 9.17. The summed E-state index contributed by atoms with van der Waals surface area (Å²) in [6, 6.07) is -0.204. The normalized spacial score (nSPS) is 17.8. The molecule has 7 heteroatoms. The number of nitrogens with one attached hydrogen (secondary N) is 1. The Morgan fingerprint density at radius 1 is 1.35 bits per heavy atom. The van der Waals surface area contributed by atoms with Gasteiger partial charge in [-0.3, -0.25) is 0 Å². The third-order valence-electron chi connectivity index (χ3n) is 3.89. The lowest BCUT2D eigenvalue weighted by Crippen LogP contribution is -2.41. The van der Waals surface area contributed by atoms with Crippen molar-refractivity contribution in [2.75, 3.05) is 0 Å². The molecule has 1 unspecified atom stereocenters. The third kappa shape index (κ3) is 2.60. The molecule has 1 aromatic heterocycles. The largest absolute Gasteiger partial charge is 0.478 e. The molecule has 20 heavy (non-hydrogen) atoms. The van der Waals surface area contributed by atoms with Crippen molar-refractivity contribution in [2.24, 2.45) is 5.92 Å². The fourth-order valence-electron chi connectivity index (χ4n) is 2.57. The van der Waals surface area contributed by atoms with E-state index in [0.29, 0.717) is 5.92 Å². The van der Waals surface area contributed by atoms with E-state index in [1.807, 2.05) is 6.92 Å². The number of carboxylic acids is 1. The molecule has 0 bridgehead atoms. The predicted molar refractivity (Wildman–Crippen MR) is 72.3 cm³/mol. The number of hydrogen-bond acceptors (Lipinski definition) is 4. The maximum atomic E-state index is 12.4. The summed E-state index contributed by atoms with van der Waals surface area (Å²) >= 11 is 0. The molecule has 1 heterocycles. The molecule has 0 aromatic carbocycles. The Kier molecular flexibility index (Phi) is 3.93. The summed E-state index contributed by atoms with van der Waals surface area (Å²) in [7, 11) is -3.89. The van der Waals surface area contributed by atoms with E-state index in [1.165, 1.54) is 13.8 Å². The first-order valence-corrected chi connectivity index (χ1v) is 8.08. The first kappa shape index (κ1) is 15.1. The van der Waals surface area contributed by atoms with Gasteiger partial charge >= 0.3 is 5.97 Å². The highest BCUT2D eigenvalue weighted by Crippen LogP contribution is 2.31. The van der Waals surface area contributed by atoms with Crippen LogP contribution in [0.15, 0.2) is 9.31 Å². The van der Waals surface area contributed by atoms with Crippen LogP contribution in [0.3, 0.4) is 0 Å². The molecule has 2 rings (SSSR count). The van der Waals surface area contributed by atoms with Crippen molar-refractivity contribution in [3.63, 3.8) is 0 Å². The van der Waals surface area contributed by atoms with E-state index < -0.39 is 16.0 Å². The van der Waals surface area contributed by atoms with Gasteiger partial charge in [-0.25, -0.2) is 17.9 Å². The van der Waals surface area contributed by atoms with Crippen LogP contribution in [0, 0.1) is 19.8 Å². The maximum absolute atomic E-state index is 12.4. The Morgan fingerprint density at radius 2 is 1.95 bits per heavy atom. The molecule has 6 nitrogen and oxygen atoms in total. The third-order valence-corrected chi connectivity index (χ3v) is 5.60. The predicted octanol–water partition coefficient (Wildman–Crippen LogP) is 2.06. The molecule has 2 N–H and O–H groups in total. The van der Waals surface area contributed by atoms with Gasteiger partial charge in [0.15, 0.2) is 0 Å². The lowest BCUT2D eigenvalue weighted by molar-refractivity contribution is 0.0691. The molecule has 1 aliphatic carbocycles. The van der Waals surface area contributed by atoms with Crippen LogP contribution in [0.2, 0.25) is 0 Å². The summed E-state index contributed by atoms with van der Waals surface area (Å²) < 4.78 is 32.6. The van der Waals surface area contributed by atoms with Gasteiger partial charge in [0.1, 0.15) is 22.0 Å². The Labute approximate surface area is 118 Å². The van der Waals surface area contributed by atoms with E-state index in [0.717, 1.165) is 19.3 Å². The van der Waals surface area contributed by atoms with Gasteiger partial charge in [0.2, 0.25) is 10.0 Å². The second kappa shape index (κ2) is 5.21. The van der Waals surface area contributed by atoms with Crippen LogP contribution < -0.4 is 4.72 Å². The zero-order valence-electron chi connectivity index (χ0n) is 11.8. The fourth-order valence-corrected chi connectivity index (χ4v) is 4.29. The van der Waals surface area contributed by atoms with Crippen LogP contribution in [0.1, 0.15) is 48.1 Å². The highest BCUT2D eigenvalue weighted by atomic mass is 32.2. The van der Waals surface area contributed by atoms with Crippen molar-refractivity contribution in [2.45, 2.75) is 51.0 Å². The first-order chi connectivity index (χ1) is 9.24. The van der Waals surface area contributed by atoms with Gasteiger partial charge in [-0.2, -0.15) is 0 Å². The molecule has 112 valence electrons. The van der Waals surface area contributed by atoms with Crippen LogP contribution in [0.5, 0.6) is 0 Å². The SMILES string of the molecule is Cc1oc(C)c(S(=O)(=O)NC(C)C2CCC2)c1C(=O)O. The van der Waals surface area contributed by atoms with E-state index in [4.69, 9.17) is 4.42 Å². The fraction of sp³-hybridized carbons (Fsp3) is 0.615. The van der Waals surface area contributed by atoms with E-state index in [2.05, 4.69) is 4.72 Å². The number of rotatable bonds is 5. The summed E-state index contributed by atoms with van der Waals surface area (Å²) in [6.07, 6.45) is 3.11. The van der Waals surface area contributed by atoms with Crippen molar-refractivity contribution < 1.29 is 22.7 Å². The van der Waals surface area contributed by atoms with Crippen LogP contribution >= 0.6 is 0 Å². The number of sulfonamides is 1. The monoisotopic (exact) mass is 301 g/mol. The van der Waals surface area contributed by atoms with Crippen LogP contribution in [-0.2, 0) is 10.0 Å². The molecular weight excluding hydrogens is 282 g/mol. The number of aromatic carboxylic acids is 1. The average molecular weight is 301 g/mol. The minimum Gasteiger partial charge on any atom is -0.478 e. The molecule has 0 spiro atoms. The van der Waals surface area contributed by atoms with Crippen molar-refractivity contribution >= 4 is 16.0 Å². The van der Waals surface area contributed by atoms with E-state index >= 15 is 0 Å². The number of furan rings is 1. The van der Waals surface area contributed by atoms with Gasteiger partial charge in [0.05, 0.1) is 0 Å². The lowest BCUT2D eigenvalue weighted by Gasteiger charge is -2.31. The van der Waals surface area contributed by atoms with Crippen LogP contribution in [0.4, 0.5) is 0 Å². The van der Waals surface area contributed by atoms with Crippen LogP contribution in [0.25, 0.3) is 0 Å².